The maximum Gasteiger partial charge on any atom is 0.326 e. The van der Waals surface area contributed by atoms with Crippen LogP contribution in [-0.2, 0) is 43.2 Å². The number of aliphatic carboxylic acids is 3. The molecule has 0 aromatic rings. The lowest BCUT2D eigenvalue weighted by Crippen LogP contribution is -2.59. The number of hydrogen-bond donors (Lipinski definition) is 11. The number of hydrogen-bond acceptors (Lipinski definition) is 11. The van der Waals surface area contributed by atoms with Gasteiger partial charge in [-0.2, -0.15) is 0 Å². The summed E-state index contributed by atoms with van der Waals surface area (Å²) in [5.74, 6) is -9.68. The van der Waals surface area contributed by atoms with Crippen molar-refractivity contribution in [3.63, 3.8) is 0 Å². The van der Waals surface area contributed by atoms with E-state index in [-0.39, 0.29) is 18.8 Å². The topological polar surface area (TPSA) is 353 Å². The van der Waals surface area contributed by atoms with Crippen molar-refractivity contribution in [2.45, 2.75) is 115 Å². The van der Waals surface area contributed by atoms with Crippen LogP contribution in [0.4, 0.5) is 0 Å². The Kier molecular flexibility index (Phi) is 20.4. The van der Waals surface area contributed by atoms with E-state index in [2.05, 4.69) is 26.6 Å². The second kappa shape index (κ2) is 22.7. The molecule has 20 nitrogen and oxygen atoms in total. The lowest BCUT2D eigenvalue weighted by molar-refractivity contribution is -0.143. The lowest BCUT2D eigenvalue weighted by Gasteiger charge is -2.26. The summed E-state index contributed by atoms with van der Waals surface area (Å²) in [6.07, 6.45) is -1.53. The van der Waals surface area contributed by atoms with E-state index < -0.39 is 122 Å². The van der Waals surface area contributed by atoms with Crippen molar-refractivity contribution in [3.05, 3.63) is 0 Å². The van der Waals surface area contributed by atoms with E-state index >= 15 is 0 Å². The van der Waals surface area contributed by atoms with Gasteiger partial charge in [0.1, 0.15) is 30.2 Å². The average Bonchev–Trinajstić information content (AvgIpc) is 2.98. The molecule has 20 heteroatoms. The number of carbonyl (C=O) groups excluding carboxylic acids is 6. The van der Waals surface area contributed by atoms with Crippen LogP contribution in [-0.4, -0.2) is 111 Å². The summed E-state index contributed by atoms with van der Waals surface area (Å²) < 4.78 is 0. The van der Waals surface area contributed by atoms with Crippen LogP contribution in [0.1, 0.15) is 78.6 Å². The number of carboxylic acids is 3. The van der Waals surface area contributed by atoms with Gasteiger partial charge in [-0.05, 0) is 57.9 Å². The van der Waals surface area contributed by atoms with Gasteiger partial charge in [0.2, 0.25) is 35.4 Å². The molecule has 0 unspecified atom stereocenters. The van der Waals surface area contributed by atoms with Crippen LogP contribution in [0, 0.1) is 5.92 Å². The van der Waals surface area contributed by atoms with Crippen molar-refractivity contribution in [1.29, 1.82) is 0 Å². The zero-order valence-electron chi connectivity index (χ0n) is 27.9. The summed E-state index contributed by atoms with van der Waals surface area (Å²) in [6, 6.07) is -8.38. The fourth-order valence-electron chi connectivity index (χ4n) is 4.34. The van der Waals surface area contributed by atoms with Crippen LogP contribution < -0.4 is 43.8 Å². The minimum Gasteiger partial charge on any atom is -0.481 e. The SMILES string of the molecule is CC(C)C[C@H](NC(=O)[C@H](C)NC(=O)[C@H](CCC(=O)O)NC(=O)[C@@H](N)CC(N)=O)C(=O)N[C@@H](CCC(=O)O)C(=O)N[C@@H](CCCCN)C(=O)O. The van der Waals surface area contributed by atoms with Crippen LogP contribution in [0.5, 0.6) is 0 Å². The van der Waals surface area contributed by atoms with Gasteiger partial charge in [0.15, 0.2) is 0 Å². The average molecular weight is 703 g/mol. The first-order valence-corrected chi connectivity index (χ1v) is 15.7. The predicted molar refractivity (Wildman–Crippen MR) is 171 cm³/mol. The molecule has 0 rings (SSSR count). The van der Waals surface area contributed by atoms with Crippen LogP contribution in [0.2, 0.25) is 0 Å². The van der Waals surface area contributed by atoms with Gasteiger partial charge in [-0.25, -0.2) is 4.79 Å². The van der Waals surface area contributed by atoms with Crippen molar-refractivity contribution in [3.8, 4) is 0 Å². The zero-order valence-corrected chi connectivity index (χ0v) is 27.9. The van der Waals surface area contributed by atoms with E-state index in [1.165, 1.54) is 6.92 Å². The maximum atomic E-state index is 13.3. The Morgan fingerprint density at radius 1 is 0.592 bits per heavy atom. The summed E-state index contributed by atoms with van der Waals surface area (Å²) in [5.41, 5.74) is 16.1. The molecular formula is C29H50N8O12. The number of nitrogens with one attached hydrogen (secondary N) is 5. The first kappa shape index (κ1) is 44.1. The highest BCUT2D eigenvalue weighted by Gasteiger charge is 2.32. The molecule has 0 heterocycles. The monoisotopic (exact) mass is 702 g/mol. The third-order valence-electron chi connectivity index (χ3n) is 6.97. The molecule has 0 radical (unpaired) electrons. The normalized spacial score (nSPS) is 14.6. The highest BCUT2D eigenvalue weighted by atomic mass is 16.4. The quantitative estimate of drug-likeness (QED) is 0.0414. The van der Waals surface area contributed by atoms with Crippen LogP contribution >= 0.6 is 0 Å². The third-order valence-corrected chi connectivity index (χ3v) is 6.97. The summed E-state index contributed by atoms with van der Waals surface area (Å²) in [4.78, 5) is 110. The molecule has 0 aliphatic rings. The molecule has 0 fully saturated rings. The van der Waals surface area contributed by atoms with Gasteiger partial charge in [0.05, 0.1) is 12.5 Å². The van der Waals surface area contributed by atoms with Crippen LogP contribution in [0.15, 0.2) is 0 Å². The smallest absolute Gasteiger partial charge is 0.326 e. The number of rotatable bonds is 25. The van der Waals surface area contributed by atoms with Gasteiger partial charge >= 0.3 is 17.9 Å². The Morgan fingerprint density at radius 2 is 1.04 bits per heavy atom. The van der Waals surface area contributed by atoms with E-state index in [1.54, 1.807) is 13.8 Å². The van der Waals surface area contributed by atoms with E-state index in [1.807, 2.05) is 0 Å². The Labute approximate surface area is 283 Å². The first-order chi connectivity index (χ1) is 22.8. The minimum absolute atomic E-state index is 0.0252. The Morgan fingerprint density at radius 3 is 1.49 bits per heavy atom. The van der Waals surface area contributed by atoms with Gasteiger partial charge in [-0.1, -0.05) is 13.8 Å². The highest BCUT2D eigenvalue weighted by molar-refractivity contribution is 5.96. The summed E-state index contributed by atoms with van der Waals surface area (Å²) >= 11 is 0. The second-order valence-corrected chi connectivity index (χ2v) is 11.9. The predicted octanol–water partition coefficient (Wildman–Crippen LogP) is -3.38. The minimum atomic E-state index is -1.48. The van der Waals surface area contributed by atoms with E-state index in [9.17, 15) is 48.3 Å². The first-order valence-electron chi connectivity index (χ1n) is 15.7. The van der Waals surface area contributed by atoms with Crippen LogP contribution in [0.25, 0.3) is 0 Å². The van der Waals surface area contributed by atoms with E-state index in [4.69, 9.17) is 27.4 Å². The molecule has 278 valence electrons. The van der Waals surface area contributed by atoms with E-state index in [0.29, 0.717) is 19.4 Å². The number of carbonyl (C=O) groups is 9. The number of unbranched alkanes of at least 4 members (excludes halogenated alkanes) is 1. The van der Waals surface area contributed by atoms with Crippen molar-refractivity contribution < 1.29 is 58.5 Å². The molecule has 0 saturated carbocycles. The van der Waals surface area contributed by atoms with Crippen LogP contribution in [0.3, 0.4) is 0 Å². The lowest BCUT2D eigenvalue weighted by atomic mass is 10.0. The van der Waals surface area contributed by atoms with Gasteiger partial charge in [-0.15, -0.1) is 0 Å². The number of amides is 6. The summed E-state index contributed by atoms with van der Waals surface area (Å²) in [6.45, 7) is 5.00. The fraction of sp³-hybridized carbons (Fsp3) is 0.690. The molecule has 0 saturated heterocycles. The standard InChI is InChI=1S/C29H50N8O12/c1-14(2)12-20(28(47)35-18(8-10-23(41)42)27(46)36-19(29(48)49)6-4-5-11-30)37-24(43)15(3)33-26(45)17(7-9-22(39)40)34-25(44)16(31)13-21(32)38/h14-20H,4-13,30-31H2,1-3H3,(H2,32,38)(H,33,45)(H,34,44)(H,35,47)(H,36,46)(H,37,43)(H,39,40)(H,41,42)(H,48,49)/t15-,16-,17-,18-,19-,20-/m0/s1. The molecule has 0 aliphatic heterocycles. The largest absolute Gasteiger partial charge is 0.481 e. The highest BCUT2D eigenvalue weighted by Crippen LogP contribution is 2.09. The van der Waals surface area contributed by atoms with E-state index in [0.717, 1.165) is 0 Å². The van der Waals surface area contributed by atoms with Crippen molar-refractivity contribution in [1.82, 2.24) is 26.6 Å². The maximum absolute atomic E-state index is 13.3. The Balaban J connectivity index is 5.85. The number of primary amides is 1. The molecular weight excluding hydrogens is 652 g/mol. The van der Waals surface area contributed by atoms with Crippen molar-refractivity contribution in [2.24, 2.45) is 23.1 Å². The number of carboxylic acid groups (broad SMARTS) is 3. The molecule has 0 bridgehead atoms. The van der Waals surface area contributed by atoms with Gasteiger partial charge in [0.25, 0.3) is 0 Å². The molecule has 0 aromatic heterocycles. The molecule has 6 atom stereocenters. The van der Waals surface area contributed by atoms with Crippen molar-refractivity contribution >= 4 is 53.4 Å². The molecule has 14 N–H and O–H groups in total. The molecule has 0 aromatic carbocycles. The molecule has 0 spiro atoms. The Hall–Kier alpha value is -4.85. The Bertz CT molecular complexity index is 1200. The number of nitrogens with two attached hydrogens (primary N) is 3. The van der Waals surface area contributed by atoms with Gasteiger partial charge < -0.3 is 59.1 Å². The fourth-order valence-corrected chi connectivity index (χ4v) is 4.34. The molecule has 6 amide bonds. The van der Waals surface area contributed by atoms with Gasteiger partial charge in [-0.3, -0.25) is 38.4 Å². The van der Waals surface area contributed by atoms with Crippen molar-refractivity contribution in [2.75, 3.05) is 6.54 Å². The summed E-state index contributed by atoms with van der Waals surface area (Å²) in [7, 11) is 0. The third kappa shape index (κ3) is 18.9. The zero-order chi connectivity index (χ0) is 37.8. The molecule has 49 heavy (non-hydrogen) atoms. The summed E-state index contributed by atoms with van der Waals surface area (Å²) in [5, 5.41) is 39.4. The molecule has 0 aliphatic carbocycles. The van der Waals surface area contributed by atoms with Gasteiger partial charge in [0, 0.05) is 12.8 Å². The second-order valence-electron chi connectivity index (χ2n) is 11.9.